The van der Waals surface area contributed by atoms with Crippen LogP contribution in [0.3, 0.4) is 0 Å². The van der Waals surface area contributed by atoms with Crippen LogP contribution in [-0.2, 0) is 4.79 Å². The number of carbonyl (C=O) groups is 1. The SMILES string of the molecule is O=C(CCC1CCNCC1)NCCNc1ccc(-c2ccccc2)nn1. The van der Waals surface area contributed by atoms with E-state index in [1.54, 1.807) is 0 Å². The van der Waals surface area contributed by atoms with Crippen LogP contribution in [0.1, 0.15) is 25.7 Å². The third-order valence-corrected chi connectivity index (χ3v) is 4.73. The normalized spacial score (nSPS) is 14.8. The van der Waals surface area contributed by atoms with E-state index in [2.05, 4.69) is 26.1 Å². The summed E-state index contributed by atoms with van der Waals surface area (Å²) in [7, 11) is 0. The zero-order valence-corrected chi connectivity index (χ0v) is 15.1. The van der Waals surface area contributed by atoms with Crippen molar-refractivity contribution in [3.05, 3.63) is 42.5 Å². The molecule has 1 amide bonds. The zero-order chi connectivity index (χ0) is 18.0. The number of carbonyl (C=O) groups excluding carboxylic acids is 1. The second kappa shape index (κ2) is 9.87. The van der Waals surface area contributed by atoms with E-state index in [0.29, 0.717) is 31.2 Å². The first kappa shape index (κ1) is 18.3. The highest BCUT2D eigenvalue weighted by molar-refractivity contribution is 5.75. The lowest BCUT2D eigenvalue weighted by Gasteiger charge is -2.22. The van der Waals surface area contributed by atoms with Crippen LogP contribution in [0.15, 0.2) is 42.5 Å². The molecule has 1 aliphatic heterocycles. The van der Waals surface area contributed by atoms with E-state index in [0.717, 1.165) is 30.8 Å². The van der Waals surface area contributed by atoms with E-state index >= 15 is 0 Å². The van der Waals surface area contributed by atoms with Crippen molar-refractivity contribution in [3.8, 4) is 11.3 Å². The summed E-state index contributed by atoms with van der Waals surface area (Å²) in [6.07, 6.45) is 3.99. The van der Waals surface area contributed by atoms with Crippen LogP contribution in [0.4, 0.5) is 5.82 Å². The van der Waals surface area contributed by atoms with Gasteiger partial charge in [-0.2, -0.15) is 0 Å². The zero-order valence-electron chi connectivity index (χ0n) is 15.1. The molecule has 3 rings (SSSR count). The molecule has 0 bridgehead atoms. The standard InChI is InChI=1S/C20H27N5O/c26-20(9-6-16-10-12-21-13-11-16)23-15-14-22-19-8-7-18(24-25-19)17-4-2-1-3-5-17/h1-5,7-8,16,21H,6,9-15H2,(H,22,25)(H,23,26). The molecule has 26 heavy (non-hydrogen) atoms. The fraction of sp³-hybridized carbons (Fsp3) is 0.450. The molecular weight excluding hydrogens is 326 g/mol. The van der Waals surface area contributed by atoms with Gasteiger partial charge < -0.3 is 16.0 Å². The molecule has 1 saturated heterocycles. The molecule has 0 spiro atoms. The van der Waals surface area contributed by atoms with Gasteiger partial charge in [-0.3, -0.25) is 4.79 Å². The van der Waals surface area contributed by atoms with E-state index in [4.69, 9.17) is 0 Å². The van der Waals surface area contributed by atoms with Gasteiger partial charge in [0.25, 0.3) is 0 Å². The van der Waals surface area contributed by atoms with Crippen molar-refractivity contribution in [2.24, 2.45) is 5.92 Å². The largest absolute Gasteiger partial charge is 0.367 e. The van der Waals surface area contributed by atoms with Crippen LogP contribution in [0.25, 0.3) is 11.3 Å². The number of benzene rings is 1. The maximum absolute atomic E-state index is 11.9. The molecule has 1 aromatic carbocycles. The smallest absolute Gasteiger partial charge is 0.220 e. The maximum Gasteiger partial charge on any atom is 0.220 e. The third kappa shape index (κ3) is 5.81. The van der Waals surface area contributed by atoms with Gasteiger partial charge in [-0.1, -0.05) is 30.3 Å². The Kier molecular flexibility index (Phi) is 6.96. The summed E-state index contributed by atoms with van der Waals surface area (Å²) in [6, 6.07) is 13.8. The Hall–Kier alpha value is -2.47. The minimum Gasteiger partial charge on any atom is -0.367 e. The highest BCUT2D eigenvalue weighted by Crippen LogP contribution is 2.17. The number of aromatic nitrogens is 2. The fourth-order valence-corrected chi connectivity index (χ4v) is 3.18. The molecule has 3 N–H and O–H groups in total. The van der Waals surface area contributed by atoms with Crippen molar-refractivity contribution in [2.45, 2.75) is 25.7 Å². The summed E-state index contributed by atoms with van der Waals surface area (Å²) in [5, 5.41) is 17.9. The summed E-state index contributed by atoms with van der Waals surface area (Å²) in [4.78, 5) is 11.9. The first-order valence-electron chi connectivity index (χ1n) is 9.42. The van der Waals surface area contributed by atoms with Gasteiger partial charge in [-0.15, -0.1) is 10.2 Å². The lowest BCUT2D eigenvalue weighted by molar-refractivity contribution is -0.121. The average molecular weight is 353 g/mol. The fourth-order valence-electron chi connectivity index (χ4n) is 3.18. The second-order valence-electron chi connectivity index (χ2n) is 6.68. The van der Waals surface area contributed by atoms with Crippen LogP contribution >= 0.6 is 0 Å². The van der Waals surface area contributed by atoms with Crippen molar-refractivity contribution in [2.75, 3.05) is 31.5 Å². The van der Waals surface area contributed by atoms with Crippen LogP contribution < -0.4 is 16.0 Å². The molecule has 0 saturated carbocycles. The molecule has 0 unspecified atom stereocenters. The number of anilines is 1. The van der Waals surface area contributed by atoms with E-state index < -0.39 is 0 Å². The Labute approximate surface area is 154 Å². The van der Waals surface area contributed by atoms with Gasteiger partial charge in [0.2, 0.25) is 5.91 Å². The summed E-state index contributed by atoms with van der Waals surface area (Å²) in [5.74, 6) is 1.54. The van der Waals surface area contributed by atoms with Crippen LogP contribution in [0, 0.1) is 5.92 Å². The number of nitrogens with zero attached hydrogens (tertiary/aromatic N) is 2. The number of hydrogen-bond acceptors (Lipinski definition) is 5. The molecule has 1 fully saturated rings. The topological polar surface area (TPSA) is 78.9 Å². The van der Waals surface area contributed by atoms with E-state index in [1.165, 1.54) is 12.8 Å². The number of piperidine rings is 1. The summed E-state index contributed by atoms with van der Waals surface area (Å²) in [6.45, 7) is 3.40. The highest BCUT2D eigenvalue weighted by Gasteiger charge is 2.14. The van der Waals surface area contributed by atoms with Gasteiger partial charge in [-0.25, -0.2) is 0 Å². The molecule has 2 aromatic rings. The first-order chi connectivity index (χ1) is 12.8. The quantitative estimate of drug-likeness (QED) is 0.635. The van der Waals surface area contributed by atoms with Gasteiger partial charge in [0.15, 0.2) is 0 Å². The van der Waals surface area contributed by atoms with Gasteiger partial charge >= 0.3 is 0 Å². The molecule has 0 aliphatic carbocycles. The first-order valence-corrected chi connectivity index (χ1v) is 9.42. The minimum absolute atomic E-state index is 0.135. The van der Waals surface area contributed by atoms with Crippen molar-refractivity contribution in [3.63, 3.8) is 0 Å². The molecule has 1 aromatic heterocycles. The molecule has 6 heteroatoms. The lowest BCUT2D eigenvalue weighted by atomic mass is 9.93. The van der Waals surface area contributed by atoms with Gasteiger partial charge in [0.1, 0.15) is 5.82 Å². The number of hydrogen-bond donors (Lipinski definition) is 3. The Morgan fingerprint density at radius 3 is 2.58 bits per heavy atom. The van der Waals surface area contributed by atoms with Crippen molar-refractivity contribution in [1.82, 2.24) is 20.8 Å². The Balaban J connectivity index is 1.32. The number of nitrogens with one attached hydrogen (secondary N) is 3. The Morgan fingerprint density at radius 1 is 1.04 bits per heavy atom. The third-order valence-electron chi connectivity index (χ3n) is 4.73. The Bertz CT molecular complexity index is 668. The predicted octanol–water partition coefficient (Wildman–Crippen LogP) is 2.45. The Morgan fingerprint density at radius 2 is 1.85 bits per heavy atom. The van der Waals surface area contributed by atoms with Crippen molar-refractivity contribution in [1.29, 1.82) is 0 Å². The monoisotopic (exact) mass is 353 g/mol. The van der Waals surface area contributed by atoms with Crippen LogP contribution in [0.5, 0.6) is 0 Å². The van der Waals surface area contributed by atoms with Crippen LogP contribution in [-0.4, -0.2) is 42.3 Å². The summed E-state index contributed by atoms with van der Waals surface area (Å²) in [5.41, 5.74) is 1.90. The number of amides is 1. The minimum atomic E-state index is 0.135. The van der Waals surface area contributed by atoms with E-state index in [1.807, 2.05) is 42.5 Å². The van der Waals surface area contributed by atoms with Crippen LogP contribution in [0.2, 0.25) is 0 Å². The molecule has 1 aliphatic rings. The number of rotatable bonds is 8. The molecule has 2 heterocycles. The summed E-state index contributed by atoms with van der Waals surface area (Å²) >= 11 is 0. The van der Waals surface area contributed by atoms with Gasteiger partial charge in [0.05, 0.1) is 5.69 Å². The van der Waals surface area contributed by atoms with Gasteiger partial charge in [-0.05, 0) is 50.4 Å². The molecule has 6 nitrogen and oxygen atoms in total. The van der Waals surface area contributed by atoms with E-state index in [9.17, 15) is 4.79 Å². The molecule has 0 atom stereocenters. The molecule has 0 radical (unpaired) electrons. The summed E-state index contributed by atoms with van der Waals surface area (Å²) < 4.78 is 0. The molecular formula is C20H27N5O. The predicted molar refractivity (Wildman–Crippen MR) is 104 cm³/mol. The van der Waals surface area contributed by atoms with Gasteiger partial charge in [0, 0.05) is 25.1 Å². The maximum atomic E-state index is 11.9. The second-order valence-corrected chi connectivity index (χ2v) is 6.68. The van der Waals surface area contributed by atoms with E-state index in [-0.39, 0.29) is 5.91 Å². The average Bonchev–Trinajstić information content (AvgIpc) is 2.71. The van der Waals surface area contributed by atoms with Crippen molar-refractivity contribution < 1.29 is 4.79 Å². The highest BCUT2D eigenvalue weighted by atomic mass is 16.1. The molecule has 138 valence electrons. The van der Waals surface area contributed by atoms with Crippen molar-refractivity contribution >= 4 is 11.7 Å². The lowest BCUT2D eigenvalue weighted by Crippen LogP contribution is -2.31.